The average molecular weight is 251 g/mol. The lowest BCUT2D eigenvalue weighted by atomic mass is 9.92. The maximum Gasteiger partial charge on any atom is 0.0594 e. The van der Waals surface area contributed by atoms with Gasteiger partial charge in [0.2, 0.25) is 0 Å². The SMILES string of the molecule is OCC(CO)[C@H](c1ccccc1)N1CCOCC1. The fourth-order valence-corrected chi connectivity index (χ4v) is 2.54. The highest BCUT2D eigenvalue weighted by Gasteiger charge is 2.29. The minimum Gasteiger partial charge on any atom is -0.396 e. The summed E-state index contributed by atoms with van der Waals surface area (Å²) in [4.78, 5) is 2.29. The van der Waals surface area contributed by atoms with Crippen molar-refractivity contribution in [1.29, 1.82) is 0 Å². The van der Waals surface area contributed by atoms with Gasteiger partial charge in [-0.05, 0) is 5.56 Å². The molecule has 1 aromatic carbocycles. The maximum atomic E-state index is 9.47. The molecule has 4 nitrogen and oxygen atoms in total. The molecule has 100 valence electrons. The van der Waals surface area contributed by atoms with E-state index in [1.807, 2.05) is 18.2 Å². The topological polar surface area (TPSA) is 52.9 Å². The second-order valence-corrected chi connectivity index (χ2v) is 4.63. The Hall–Kier alpha value is -0.940. The molecular weight excluding hydrogens is 230 g/mol. The van der Waals surface area contributed by atoms with Gasteiger partial charge in [0.25, 0.3) is 0 Å². The van der Waals surface area contributed by atoms with E-state index in [4.69, 9.17) is 4.74 Å². The van der Waals surface area contributed by atoms with Crippen molar-refractivity contribution in [1.82, 2.24) is 4.90 Å². The molecule has 0 radical (unpaired) electrons. The van der Waals surface area contributed by atoms with Crippen molar-refractivity contribution in [2.24, 2.45) is 5.92 Å². The molecule has 1 aromatic rings. The van der Waals surface area contributed by atoms with E-state index in [1.54, 1.807) is 0 Å². The van der Waals surface area contributed by atoms with Crippen LogP contribution in [-0.4, -0.2) is 54.6 Å². The van der Waals surface area contributed by atoms with Gasteiger partial charge in [-0.3, -0.25) is 4.90 Å². The van der Waals surface area contributed by atoms with Crippen LogP contribution in [-0.2, 0) is 4.74 Å². The molecule has 2 rings (SSSR count). The van der Waals surface area contributed by atoms with E-state index in [9.17, 15) is 10.2 Å². The van der Waals surface area contributed by atoms with Crippen LogP contribution in [0.15, 0.2) is 30.3 Å². The van der Waals surface area contributed by atoms with Crippen LogP contribution in [0.1, 0.15) is 11.6 Å². The van der Waals surface area contributed by atoms with Gasteiger partial charge >= 0.3 is 0 Å². The number of hydrogen-bond acceptors (Lipinski definition) is 4. The quantitative estimate of drug-likeness (QED) is 0.807. The third-order valence-corrected chi connectivity index (χ3v) is 3.50. The number of aliphatic hydroxyl groups is 2. The first-order valence-corrected chi connectivity index (χ1v) is 6.45. The Bertz CT molecular complexity index is 334. The molecule has 2 N–H and O–H groups in total. The predicted molar refractivity (Wildman–Crippen MR) is 69.2 cm³/mol. The van der Waals surface area contributed by atoms with Gasteiger partial charge in [-0.25, -0.2) is 0 Å². The average Bonchev–Trinajstić information content (AvgIpc) is 2.46. The van der Waals surface area contributed by atoms with E-state index in [-0.39, 0.29) is 25.2 Å². The number of nitrogens with zero attached hydrogens (tertiary/aromatic N) is 1. The van der Waals surface area contributed by atoms with Gasteiger partial charge < -0.3 is 14.9 Å². The number of hydrogen-bond donors (Lipinski definition) is 2. The highest BCUT2D eigenvalue weighted by molar-refractivity contribution is 5.20. The van der Waals surface area contributed by atoms with Crippen molar-refractivity contribution in [2.75, 3.05) is 39.5 Å². The molecule has 1 fully saturated rings. The Morgan fingerprint density at radius 2 is 1.67 bits per heavy atom. The molecule has 4 heteroatoms. The van der Waals surface area contributed by atoms with E-state index in [2.05, 4.69) is 17.0 Å². The van der Waals surface area contributed by atoms with Crippen LogP contribution in [0.5, 0.6) is 0 Å². The minimum absolute atomic E-state index is 0.00653. The predicted octanol–water partition coefficient (Wildman–Crippen LogP) is 0.661. The molecule has 0 amide bonds. The molecule has 0 aromatic heterocycles. The molecule has 1 saturated heterocycles. The largest absolute Gasteiger partial charge is 0.396 e. The highest BCUT2D eigenvalue weighted by Crippen LogP contribution is 2.29. The summed E-state index contributed by atoms with van der Waals surface area (Å²) in [5, 5.41) is 18.9. The van der Waals surface area contributed by atoms with E-state index in [0.717, 1.165) is 18.7 Å². The van der Waals surface area contributed by atoms with Crippen LogP contribution >= 0.6 is 0 Å². The van der Waals surface area contributed by atoms with Crippen LogP contribution in [0.3, 0.4) is 0 Å². The number of aliphatic hydroxyl groups excluding tert-OH is 2. The second-order valence-electron chi connectivity index (χ2n) is 4.63. The molecule has 1 aliphatic rings. The lowest BCUT2D eigenvalue weighted by molar-refractivity contribution is -0.0165. The Kier molecular flexibility index (Phi) is 5.13. The van der Waals surface area contributed by atoms with Gasteiger partial charge in [-0.1, -0.05) is 30.3 Å². The van der Waals surface area contributed by atoms with Crippen molar-refractivity contribution >= 4 is 0 Å². The molecule has 0 unspecified atom stereocenters. The first-order valence-electron chi connectivity index (χ1n) is 6.45. The van der Waals surface area contributed by atoms with Crippen LogP contribution in [0.4, 0.5) is 0 Å². The smallest absolute Gasteiger partial charge is 0.0594 e. The summed E-state index contributed by atoms with van der Waals surface area (Å²) in [6, 6.07) is 10.1. The zero-order valence-electron chi connectivity index (χ0n) is 10.5. The summed E-state index contributed by atoms with van der Waals surface area (Å²) < 4.78 is 5.37. The third-order valence-electron chi connectivity index (χ3n) is 3.50. The Balaban J connectivity index is 2.21. The molecular formula is C14H21NO3. The minimum atomic E-state index is -0.148. The van der Waals surface area contributed by atoms with Crippen molar-refractivity contribution < 1.29 is 14.9 Å². The number of rotatable bonds is 5. The zero-order chi connectivity index (χ0) is 12.8. The number of benzene rings is 1. The Morgan fingerprint density at radius 1 is 1.06 bits per heavy atom. The molecule has 18 heavy (non-hydrogen) atoms. The fourth-order valence-electron chi connectivity index (χ4n) is 2.54. The lowest BCUT2D eigenvalue weighted by Crippen LogP contribution is -2.43. The summed E-state index contributed by atoms with van der Waals surface area (Å²) in [5.41, 5.74) is 1.15. The van der Waals surface area contributed by atoms with Crippen LogP contribution < -0.4 is 0 Å². The van der Waals surface area contributed by atoms with E-state index in [1.165, 1.54) is 0 Å². The van der Waals surface area contributed by atoms with E-state index < -0.39 is 0 Å². The molecule has 0 spiro atoms. The van der Waals surface area contributed by atoms with E-state index in [0.29, 0.717) is 13.2 Å². The molecule has 0 saturated carbocycles. The summed E-state index contributed by atoms with van der Waals surface area (Å²) in [6.45, 7) is 3.10. The maximum absolute atomic E-state index is 9.47. The van der Waals surface area contributed by atoms with Gasteiger partial charge in [-0.2, -0.15) is 0 Å². The molecule has 1 heterocycles. The summed E-state index contributed by atoms with van der Waals surface area (Å²) in [7, 11) is 0. The van der Waals surface area contributed by atoms with Crippen molar-refractivity contribution in [2.45, 2.75) is 6.04 Å². The number of ether oxygens (including phenoxy) is 1. The zero-order valence-corrected chi connectivity index (χ0v) is 10.5. The molecule has 0 aliphatic carbocycles. The Labute approximate surface area is 108 Å². The van der Waals surface area contributed by atoms with Gasteiger partial charge in [0.15, 0.2) is 0 Å². The fraction of sp³-hybridized carbons (Fsp3) is 0.571. The second kappa shape index (κ2) is 6.85. The summed E-state index contributed by atoms with van der Waals surface area (Å²) in [5.74, 6) is -0.148. The van der Waals surface area contributed by atoms with Gasteiger partial charge in [-0.15, -0.1) is 0 Å². The number of morpholine rings is 1. The monoisotopic (exact) mass is 251 g/mol. The highest BCUT2D eigenvalue weighted by atomic mass is 16.5. The molecule has 1 atom stereocenters. The first kappa shape index (κ1) is 13.5. The van der Waals surface area contributed by atoms with Gasteiger partial charge in [0.1, 0.15) is 0 Å². The van der Waals surface area contributed by atoms with Gasteiger partial charge in [0.05, 0.1) is 13.2 Å². The standard InChI is InChI=1S/C14H21NO3/c16-10-13(11-17)14(12-4-2-1-3-5-12)15-6-8-18-9-7-15/h1-5,13-14,16-17H,6-11H2/t14-/m0/s1. The first-order chi connectivity index (χ1) is 8.86. The molecule has 0 bridgehead atoms. The van der Waals surface area contributed by atoms with Gasteiger partial charge in [0, 0.05) is 38.3 Å². The van der Waals surface area contributed by atoms with E-state index >= 15 is 0 Å². The summed E-state index contributed by atoms with van der Waals surface area (Å²) in [6.07, 6.45) is 0. The lowest BCUT2D eigenvalue weighted by Gasteiger charge is -2.38. The van der Waals surface area contributed by atoms with Crippen molar-refractivity contribution in [3.05, 3.63) is 35.9 Å². The third kappa shape index (κ3) is 3.09. The van der Waals surface area contributed by atoms with Crippen LogP contribution in [0.2, 0.25) is 0 Å². The van der Waals surface area contributed by atoms with Crippen molar-refractivity contribution in [3.8, 4) is 0 Å². The molecule has 1 aliphatic heterocycles. The normalized spacial score (nSPS) is 19.1. The van der Waals surface area contributed by atoms with Crippen molar-refractivity contribution in [3.63, 3.8) is 0 Å². The summed E-state index contributed by atoms with van der Waals surface area (Å²) >= 11 is 0. The van der Waals surface area contributed by atoms with Crippen LogP contribution in [0.25, 0.3) is 0 Å². The Morgan fingerprint density at radius 3 is 2.22 bits per heavy atom. The van der Waals surface area contributed by atoms with Crippen LogP contribution in [0, 0.1) is 5.92 Å².